The van der Waals surface area contributed by atoms with Gasteiger partial charge in [0.05, 0.1) is 29.8 Å². The molecule has 0 spiro atoms. The molecule has 17 heavy (non-hydrogen) atoms. The summed E-state index contributed by atoms with van der Waals surface area (Å²) in [6.07, 6.45) is 1.16. The lowest BCUT2D eigenvalue weighted by Gasteiger charge is -2.26. The third-order valence-electron chi connectivity index (χ3n) is 2.93. The van der Waals surface area contributed by atoms with Gasteiger partial charge in [-0.1, -0.05) is 20.8 Å². The quantitative estimate of drug-likeness (QED) is 0.702. The van der Waals surface area contributed by atoms with Gasteiger partial charge in [-0.2, -0.15) is 15.8 Å². The van der Waals surface area contributed by atoms with E-state index in [0.29, 0.717) is 21.4 Å². The molecule has 4 atom stereocenters. The highest BCUT2D eigenvalue weighted by atomic mass is 31.1. The molecule has 0 amide bonds. The van der Waals surface area contributed by atoms with Gasteiger partial charge in [0.1, 0.15) is 0 Å². The average Bonchev–Trinajstić information content (AvgIpc) is 2.28. The zero-order valence-electron chi connectivity index (χ0n) is 11.0. The Bertz CT molecular complexity index is 351. The minimum absolute atomic E-state index is 0.0426. The maximum Gasteiger partial charge on any atom is 0.0700 e. The van der Waals surface area contributed by atoms with Crippen molar-refractivity contribution in [3.63, 3.8) is 0 Å². The molecular weight excluding hydrogens is 229 g/mol. The molecule has 0 radical (unpaired) electrons. The van der Waals surface area contributed by atoms with Crippen LogP contribution in [0.15, 0.2) is 0 Å². The van der Waals surface area contributed by atoms with Crippen LogP contribution in [-0.2, 0) is 0 Å². The van der Waals surface area contributed by atoms with Crippen LogP contribution in [0.4, 0.5) is 0 Å². The summed E-state index contributed by atoms with van der Waals surface area (Å²) in [5.74, 6) is -0.317. The molecule has 0 saturated carbocycles. The van der Waals surface area contributed by atoms with Gasteiger partial charge in [-0.25, -0.2) is 0 Å². The summed E-state index contributed by atoms with van der Waals surface area (Å²) >= 11 is 0. The third kappa shape index (κ3) is 5.68. The van der Waals surface area contributed by atoms with Gasteiger partial charge in [0.15, 0.2) is 0 Å². The molecule has 0 aromatic carbocycles. The van der Waals surface area contributed by atoms with Crippen molar-refractivity contribution in [3.8, 4) is 18.2 Å². The summed E-state index contributed by atoms with van der Waals surface area (Å²) in [7, 11) is 0.534. The van der Waals surface area contributed by atoms with Crippen LogP contribution in [0.25, 0.3) is 0 Å². The predicted octanol–water partition coefficient (Wildman–Crippen LogP) is 3.29. The van der Waals surface area contributed by atoms with E-state index in [1.165, 1.54) is 0 Å². The fraction of sp³-hybridized carbons (Fsp3) is 0.769. The predicted molar refractivity (Wildman–Crippen MR) is 70.5 cm³/mol. The van der Waals surface area contributed by atoms with Crippen LogP contribution in [0.5, 0.6) is 0 Å². The topological polar surface area (TPSA) is 71.4 Å². The zero-order valence-corrected chi connectivity index (χ0v) is 12.0. The number of nitriles is 3. The molecule has 0 aliphatic rings. The standard InChI is InChI=1S/C13H20N3P/c1-13(2,3)11(8-15)5-10(7-14)6-12(9-16)17-4/h10-12,17H,5-6H2,1-4H3. The first-order valence-electron chi connectivity index (χ1n) is 5.75. The van der Waals surface area contributed by atoms with Gasteiger partial charge >= 0.3 is 0 Å². The van der Waals surface area contributed by atoms with Gasteiger partial charge in [-0.15, -0.1) is 8.58 Å². The van der Waals surface area contributed by atoms with E-state index >= 15 is 0 Å². The van der Waals surface area contributed by atoms with Crippen molar-refractivity contribution >= 4 is 8.58 Å². The van der Waals surface area contributed by atoms with E-state index in [1.54, 1.807) is 0 Å². The van der Waals surface area contributed by atoms with Gasteiger partial charge in [-0.3, -0.25) is 0 Å². The summed E-state index contributed by atoms with van der Waals surface area (Å²) in [5, 5.41) is 27.1. The SMILES string of the molecule is CPC(C#N)CC(C#N)CC(C#N)C(C)(C)C. The van der Waals surface area contributed by atoms with Crippen LogP contribution < -0.4 is 0 Å². The maximum atomic E-state index is 9.13. The second kappa shape index (κ2) is 7.27. The fourth-order valence-electron chi connectivity index (χ4n) is 1.61. The van der Waals surface area contributed by atoms with Crippen molar-refractivity contribution in [2.45, 2.75) is 39.3 Å². The summed E-state index contributed by atoms with van der Waals surface area (Å²) in [6, 6.07) is 6.75. The summed E-state index contributed by atoms with van der Waals surface area (Å²) in [6.45, 7) is 8.02. The van der Waals surface area contributed by atoms with Crippen LogP contribution in [-0.4, -0.2) is 12.3 Å². The lowest BCUT2D eigenvalue weighted by atomic mass is 9.76. The van der Waals surface area contributed by atoms with E-state index < -0.39 is 0 Å². The van der Waals surface area contributed by atoms with Crippen molar-refractivity contribution in [2.24, 2.45) is 17.3 Å². The number of hydrogen-bond donors (Lipinski definition) is 0. The third-order valence-corrected chi connectivity index (χ3v) is 3.99. The minimum atomic E-state index is -0.184. The molecular formula is C13H20N3P. The number of hydrogen-bond acceptors (Lipinski definition) is 3. The number of nitrogens with zero attached hydrogens (tertiary/aromatic N) is 3. The van der Waals surface area contributed by atoms with Crippen molar-refractivity contribution in [2.75, 3.05) is 6.66 Å². The normalized spacial score (nSPS) is 16.8. The Morgan fingerprint density at radius 3 is 1.88 bits per heavy atom. The van der Waals surface area contributed by atoms with Gasteiger partial charge < -0.3 is 0 Å². The molecule has 0 saturated heterocycles. The van der Waals surface area contributed by atoms with Crippen LogP contribution in [0.1, 0.15) is 33.6 Å². The van der Waals surface area contributed by atoms with E-state index in [4.69, 9.17) is 15.8 Å². The molecule has 0 fully saturated rings. The molecule has 0 aliphatic heterocycles. The van der Waals surface area contributed by atoms with Crippen LogP contribution >= 0.6 is 8.58 Å². The van der Waals surface area contributed by atoms with E-state index in [9.17, 15) is 0 Å². The largest absolute Gasteiger partial charge is 0.198 e. The highest BCUT2D eigenvalue weighted by Gasteiger charge is 2.28. The van der Waals surface area contributed by atoms with Crippen LogP contribution in [0.3, 0.4) is 0 Å². The Balaban J connectivity index is 4.58. The summed E-state index contributed by atoms with van der Waals surface area (Å²) in [5.41, 5.74) is -0.153. The first kappa shape index (κ1) is 15.9. The Morgan fingerprint density at radius 2 is 1.59 bits per heavy atom. The Hall–Kier alpha value is -1.10. The van der Waals surface area contributed by atoms with Crippen molar-refractivity contribution < 1.29 is 0 Å². The van der Waals surface area contributed by atoms with Gasteiger partial charge in [0.25, 0.3) is 0 Å². The van der Waals surface area contributed by atoms with E-state index in [2.05, 4.69) is 18.2 Å². The van der Waals surface area contributed by atoms with E-state index in [-0.39, 0.29) is 22.9 Å². The summed E-state index contributed by atoms with van der Waals surface area (Å²) < 4.78 is 0. The monoisotopic (exact) mass is 249 g/mol. The van der Waals surface area contributed by atoms with E-state index in [0.717, 1.165) is 0 Å². The molecule has 3 nitrogen and oxygen atoms in total. The van der Waals surface area contributed by atoms with Crippen molar-refractivity contribution in [1.82, 2.24) is 0 Å². The summed E-state index contributed by atoms with van der Waals surface area (Å²) in [4.78, 5) is 0. The number of rotatable bonds is 5. The molecule has 0 aromatic heterocycles. The highest BCUT2D eigenvalue weighted by Crippen LogP contribution is 2.33. The van der Waals surface area contributed by atoms with E-state index in [1.807, 2.05) is 27.4 Å². The zero-order chi connectivity index (χ0) is 13.5. The Labute approximate surface area is 106 Å². The van der Waals surface area contributed by atoms with Crippen LogP contribution in [0.2, 0.25) is 0 Å². The second-order valence-corrected chi connectivity index (χ2v) is 6.59. The lowest BCUT2D eigenvalue weighted by molar-refractivity contribution is 0.263. The van der Waals surface area contributed by atoms with Gasteiger partial charge in [0.2, 0.25) is 0 Å². The fourth-order valence-corrected chi connectivity index (χ4v) is 2.26. The smallest absolute Gasteiger partial charge is 0.0700 e. The molecule has 0 bridgehead atoms. The maximum absolute atomic E-state index is 9.13. The molecule has 0 rings (SSSR count). The van der Waals surface area contributed by atoms with Gasteiger partial charge in [0, 0.05) is 5.92 Å². The molecule has 0 N–H and O–H groups in total. The molecule has 0 aliphatic carbocycles. The average molecular weight is 249 g/mol. The highest BCUT2D eigenvalue weighted by molar-refractivity contribution is 7.38. The first-order chi connectivity index (χ1) is 7.88. The molecule has 4 unspecified atom stereocenters. The minimum Gasteiger partial charge on any atom is -0.198 e. The Morgan fingerprint density at radius 1 is 1.00 bits per heavy atom. The first-order valence-corrected chi connectivity index (χ1v) is 7.32. The molecule has 0 aromatic rings. The second-order valence-electron chi connectivity index (χ2n) is 5.32. The molecule has 4 heteroatoms. The van der Waals surface area contributed by atoms with Crippen molar-refractivity contribution in [1.29, 1.82) is 15.8 Å². The van der Waals surface area contributed by atoms with Crippen LogP contribution in [0, 0.1) is 51.2 Å². The Kier molecular flexibility index (Phi) is 6.80. The van der Waals surface area contributed by atoms with Crippen molar-refractivity contribution in [3.05, 3.63) is 0 Å². The lowest BCUT2D eigenvalue weighted by Crippen LogP contribution is -2.22. The molecule has 0 heterocycles. The molecule has 92 valence electrons. The van der Waals surface area contributed by atoms with Gasteiger partial charge in [-0.05, 0) is 24.9 Å².